The third-order valence-electron chi connectivity index (χ3n) is 3.77. The zero-order valence-corrected chi connectivity index (χ0v) is 13.8. The Kier molecular flexibility index (Phi) is 4.07. The minimum Gasteiger partial charge on any atom is -0.486 e. The largest absolute Gasteiger partial charge is 0.486 e. The van der Waals surface area contributed by atoms with Crippen LogP contribution in [0.2, 0.25) is 0 Å². The second kappa shape index (κ2) is 6.01. The van der Waals surface area contributed by atoms with Gasteiger partial charge in [-0.3, -0.25) is 4.79 Å². The standard InChI is InChI=1S/C17H19NO3S/c1-11-8-16(22-12(11)2)17(19)18(3)9-13-10-20-14-6-4-5-7-15(14)21-13/h4-8,13H,9-10H2,1-3H3. The van der Waals surface area contributed by atoms with Gasteiger partial charge in [-0.1, -0.05) is 12.1 Å². The molecule has 1 aliphatic rings. The second-order valence-corrected chi connectivity index (χ2v) is 6.79. The third-order valence-corrected chi connectivity index (χ3v) is 4.91. The summed E-state index contributed by atoms with van der Waals surface area (Å²) in [4.78, 5) is 16.1. The van der Waals surface area contributed by atoms with Crippen LogP contribution in [0.15, 0.2) is 30.3 Å². The van der Waals surface area contributed by atoms with Crippen LogP contribution in [-0.2, 0) is 0 Å². The number of para-hydroxylation sites is 2. The van der Waals surface area contributed by atoms with Gasteiger partial charge in [0.1, 0.15) is 6.61 Å². The highest BCUT2D eigenvalue weighted by Crippen LogP contribution is 2.31. The molecule has 4 nitrogen and oxygen atoms in total. The van der Waals surface area contributed by atoms with E-state index in [2.05, 4.69) is 0 Å². The summed E-state index contributed by atoms with van der Waals surface area (Å²) < 4.78 is 11.6. The van der Waals surface area contributed by atoms with Crippen LogP contribution in [0.4, 0.5) is 0 Å². The van der Waals surface area contributed by atoms with Gasteiger partial charge in [0.15, 0.2) is 17.6 Å². The van der Waals surface area contributed by atoms with Gasteiger partial charge in [0.2, 0.25) is 0 Å². The molecular formula is C17H19NO3S. The lowest BCUT2D eigenvalue weighted by molar-refractivity contribution is 0.0524. The fraction of sp³-hybridized carbons (Fsp3) is 0.353. The highest BCUT2D eigenvalue weighted by molar-refractivity contribution is 7.14. The van der Waals surface area contributed by atoms with Gasteiger partial charge >= 0.3 is 0 Å². The van der Waals surface area contributed by atoms with Crippen molar-refractivity contribution < 1.29 is 14.3 Å². The van der Waals surface area contributed by atoms with Crippen LogP contribution in [0.1, 0.15) is 20.1 Å². The molecule has 0 spiro atoms. The number of nitrogens with zero attached hydrogens (tertiary/aromatic N) is 1. The van der Waals surface area contributed by atoms with Crippen LogP contribution >= 0.6 is 11.3 Å². The first-order valence-corrected chi connectivity index (χ1v) is 8.07. The first kappa shape index (κ1) is 14.9. The Bertz CT molecular complexity index is 675. The first-order valence-electron chi connectivity index (χ1n) is 7.25. The summed E-state index contributed by atoms with van der Waals surface area (Å²) in [5.74, 6) is 1.53. The molecule has 1 atom stereocenters. The Labute approximate surface area is 134 Å². The van der Waals surface area contributed by atoms with E-state index in [9.17, 15) is 4.79 Å². The summed E-state index contributed by atoms with van der Waals surface area (Å²) in [5, 5.41) is 0. The number of amides is 1. The molecule has 0 bridgehead atoms. The number of rotatable bonds is 3. The molecule has 3 rings (SSSR count). The summed E-state index contributed by atoms with van der Waals surface area (Å²) in [5.41, 5.74) is 1.16. The van der Waals surface area contributed by atoms with Crippen LogP contribution in [0.3, 0.4) is 0 Å². The molecule has 116 valence electrons. The van der Waals surface area contributed by atoms with Gasteiger partial charge in [0, 0.05) is 11.9 Å². The average molecular weight is 317 g/mol. The van der Waals surface area contributed by atoms with Crippen molar-refractivity contribution in [1.82, 2.24) is 4.90 Å². The van der Waals surface area contributed by atoms with Crippen molar-refractivity contribution in [1.29, 1.82) is 0 Å². The third kappa shape index (κ3) is 2.95. The van der Waals surface area contributed by atoms with Gasteiger partial charge in [0.05, 0.1) is 11.4 Å². The van der Waals surface area contributed by atoms with Crippen molar-refractivity contribution in [3.8, 4) is 11.5 Å². The number of carbonyl (C=O) groups is 1. The molecule has 0 N–H and O–H groups in total. The molecule has 0 fully saturated rings. The Morgan fingerprint density at radius 2 is 2.05 bits per heavy atom. The van der Waals surface area contributed by atoms with Crippen LogP contribution in [0.25, 0.3) is 0 Å². The van der Waals surface area contributed by atoms with Gasteiger partial charge in [0.25, 0.3) is 5.91 Å². The molecule has 1 amide bonds. The molecule has 2 aromatic rings. The number of hydrogen-bond acceptors (Lipinski definition) is 4. The van der Waals surface area contributed by atoms with E-state index in [1.165, 1.54) is 16.2 Å². The van der Waals surface area contributed by atoms with E-state index in [0.717, 1.165) is 21.9 Å². The highest BCUT2D eigenvalue weighted by Gasteiger charge is 2.24. The number of ether oxygens (including phenoxy) is 2. The molecule has 0 saturated heterocycles. The monoisotopic (exact) mass is 317 g/mol. The average Bonchev–Trinajstić information content (AvgIpc) is 2.85. The fourth-order valence-electron chi connectivity index (χ4n) is 2.41. The number of aryl methyl sites for hydroxylation is 2. The Hall–Kier alpha value is -2.01. The number of carbonyl (C=O) groups excluding carboxylic acids is 1. The van der Waals surface area contributed by atoms with Gasteiger partial charge < -0.3 is 14.4 Å². The molecular weight excluding hydrogens is 298 g/mol. The lowest BCUT2D eigenvalue weighted by Crippen LogP contribution is -2.41. The van der Waals surface area contributed by atoms with Gasteiger partial charge in [-0.15, -0.1) is 11.3 Å². The number of hydrogen-bond donors (Lipinski definition) is 0. The maximum Gasteiger partial charge on any atom is 0.263 e. The molecule has 1 unspecified atom stereocenters. The second-order valence-electron chi connectivity index (χ2n) is 5.53. The summed E-state index contributed by atoms with van der Waals surface area (Å²) in [7, 11) is 1.80. The summed E-state index contributed by atoms with van der Waals surface area (Å²) in [6.07, 6.45) is -0.147. The van der Waals surface area contributed by atoms with Crippen LogP contribution in [0.5, 0.6) is 11.5 Å². The van der Waals surface area contributed by atoms with Crippen LogP contribution in [-0.4, -0.2) is 37.1 Å². The van der Waals surface area contributed by atoms with E-state index in [1.54, 1.807) is 11.9 Å². The maximum atomic E-state index is 12.5. The molecule has 0 radical (unpaired) electrons. The molecule has 1 aliphatic heterocycles. The predicted octanol–water partition coefficient (Wildman–Crippen LogP) is 3.28. The molecule has 1 aromatic carbocycles. The first-order chi connectivity index (χ1) is 10.5. The fourth-order valence-corrected chi connectivity index (χ4v) is 3.44. The SMILES string of the molecule is Cc1cc(C(=O)N(C)CC2COc3ccccc3O2)sc1C. The van der Waals surface area contributed by atoms with E-state index in [1.807, 2.05) is 44.2 Å². The van der Waals surface area contributed by atoms with Gasteiger partial charge in [-0.2, -0.15) is 0 Å². The van der Waals surface area contributed by atoms with E-state index in [4.69, 9.17) is 9.47 Å². The molecule has 0 saturated carbocycles. The number of fused-ring (bicyclic) bond motifs is 1. The minimum atomic E-state index is -0.147. The number of thiophene rings is 1. The zero-order chi connectivity index (χ0) is 15.7. The maximum absolute atomic E-state index is 12.5. The quantitative estimate of drug-likeness (QED) is 0.872. The normalized spacial score (nSPS) is 16.4. The minimum absolute atomic E-state index is 0.0312. The summed E-state index contributed by atoms with van der Waals surface area (Å²) in [6, 6.07) is 9.55. The van der Waals surface area contributed by atoms with Crippen molar-refractivity contribution in [2.45, 2.75) is 20.0 Å². The van der Waals surface area contributed by atoms with Gasteiger partial charge in [-0.25, -0.2) is 0 Å². The van der Waals surface area contributed by atoms with Crippen molar-refractivity contribution >= 4 is 17.2 Å². The molecule has 0 aliphatic carbocycles. The Morgan fingerprint density at radius 3 is 2.73 bits per heavy atom. The lowest BCUT2D eigenvalue weighted by atomic mass is 10.2. The van der Waals surface area contributed by atoms with E-state index >= 15 is 0 Å². The van der Waals surface area contributed by atoms with Crippen molar-refractivity contribution in [3.05, 3.63) is 45.6 Å². The lowest BCUT2D eigenvalue weighted by Gasteiger charge is -2.29. The molecule has 22 heavy (non-hydrogen) atoms. The Morgan fingerprint density at radius 1 is 1.32 bits per heavy atom. The molecule has 1 aromatic heterocycles. The van der Waals surface area contributed by atoms with Gasteiger partial charge in [-0.05, 0) is 37.6 Å². The topological polar surface area (TPSA) is 38.8 Å². The smallest absolute Gasteiger partial charge is 0.263 e. The van der Waals surface area contributed by atoms with E-state index in [-0.39, 0.29) is 12.0 Å². The van der Waals surface area contributed by atoms with Crippen LogP contribution in [0, 0.1) is 13.8 Å². The predicted molar refractivity (Wildman–Crippen MR) is 87.1 cm³/mol. The summed E-state index contributed by atoms with van der Waals surface area (Å²) in [6.45, 7) is 5.02. The summed E-state index contributed by atoms with van der Waals surface area (Å²) >= 11 is 1.54. The van der Waals surface area contributed by atoms with Crippen molar-refractivity contribution in [2.75, 3.05) is 20.2 Å². The van der Waals surface area contributed by atoms with Crippen molar-refractivity contribution in [3.63, 3.8) is 0 Å². The van der Waals surface area contributed by atoms with E-state index in [0.29, 0.717) is 13.2 Å². The zero-order valence-electron chi connectivity index (χ0n) is 13.0. The number of benzene rings is 1. The Balaban J connectivity index is 1.65. The molecule has 2 heterocycles. The molecule has 5 heteroatoms. The van der Waals surface area contributed by atoms with E-state index < -0.39 is 0 Å². The number of likely N-dealkylation sites (N-methyl/N-ethyl adjacent to an activating group) is 1. The van der Waals surface area contributed by atoms with Crippen molar-refractivity contribution in [2.24, 2.45) is 0 Å². The van der Waals surface area contributed by atoms with Crippen LogP contribution < -0.4 is 9.47 Å². The highest BCUT2D eigenvalue weighted by atomic mass is 32.1.